The number of rotatable bonds is 1. The summed E-state index contributed by atoms with van der Waals surface area (Å²) in [5, 5.41) is 4.50. The fraction of sp³-hybridized carbons (Fsp3) is 0.0556. The van der Waals surface area contributed by atoms with Crippen molar-refractivity contribution in [2.45, 2.75) is 6.92 Å². The maximum atomic E-state index is 12.5. The number of aryl methyl sites for hydroxylation is 1. The molecular formula is C18H11BrN2O2. The summed E-state index contributed by atoms with van der Waals surface area (Å²) >= 11 is 3.36. The van der Waals surface area contributed by atoms with Crippen molar-refractivity contribution in [2.24, 2.45) is 0 Å². The molecule has 0 aliphatic heterocycles. The van der Waals surface area contributed by atoms with Gasteiger partial charge in [-0.2, -0.15) is 5.10 Å². The van der Waals surface area contributed by atoms with Crippen LogP contribution in [0.5, 0.6) is 0 Å². The molecule has 1 aliphatic rings. The second-order valence-corrected chi connectivity index (χ2v) is 6.32. The number of para-hydroxylation sites is 1. The van der Waals surface area contributed by atoms with E-state index in [9.17, 15) is 9.59 Å². The van der Waals surface area contributed by atoms with Crippen LogP contribution in [0, 0.1) is 6.92 Å². The van der Waals surface area contributed by atoms with E-state index in [2.05, 4.69) is 21.0 Å². The van der Waals surface area contributed by atoms with Crippen LogP contribution in [0.2, 0.25) is 0 Å². The van der Waals surface area contributed by atoms with Crippen molar-refractivity contribution >= 4 is 27.5 Å². The van der Waals surface area contributed by atoms with Gasteiger partial charge in [0.2, 0.25) is 11.6 Å². The molecule has 1 aliphatic carbocycles. The average molecular weight is 367 g/mol. The lowest BCUT2D eigenvalue weighted by atomic mass is 9.87. The summed E-state index contributed by atoms with van der Waals surface area (Å²) in [6.07, 6.45) is 0. The number of hydrogen-bond acceptors (Lipinski definition) is 3. The molecule has 23 heavy (non-hydrogen) atoms. The van der Waals surface area contributed by atoms with Crippen LogP contribution in [0.3, 0.4) is 0 Å². The van der Waals surface area contributed by atoms with Gasteiger partial charge in [0, 0.05) is 15.6 Å². The van der Waals surface area contributed by atoms with Gasteiger partial charge in [-0.3, -0.25) is 9.59 Å². The zero-order valence-corrected chi connectivity index (χ0v) is 13.8. The number of carbonyl (C=O) groups excluding carboxylic acids is 2. The van der Waals surface area contributed by atoms with Gasteiger partial charge < -0.3 is 0 Å². The molecular weight excluding hydrogens is 356 g/mol. The molecule has 0 N–H and O–H groups in total. The van der Waals surface area contributed by atoms with E-state index in [1.54, 1.807) is 17.7 Å². The van der Waals surface area contributed by atoms with Gasteiger partial charge in [-0.05, 0) is 31.2 Å². The number of benzene rings is 2. The van der Waals surface area contributed by atoms with Gasteiger partial charge >= 0.3 is 0 Å². The predicted octanol–water partition coefficient (Wildman–Crippen LogP) is 3.99. The van der Waals surface area contributed by atoms with E-state index in [0.717, 1.165) is 15.7 Å². The normalized spacial score (nSPS) is 13.0. The molecule has 0 saturated carbocycles. The number of nitrogens with zero attached hydrogens (tertiary/aromatic N) is 2. The maximum absolute atomic E-state index is 12.5. The van der Waals surface area contributed by atoms with Crippen molar-refractivity contribution in [1.82, 2.24) is 9.78 Å². The molecule has 0 radical (unpaired) electrons. The SMILES string of the molecule is Cc1nn(-c2ccccc2)c2c1C(=O)C(=O)c1cc(Br)ccc1-2. The van der Waals surface area contributed by atoms with Crippen LogP contribution in [0.25, 0.3) is 16.9 Å². The van der Waals surface area contributed by atoms with E-state index in [1.165, 1.54) is 0 Å². The summed E-state index contributed by atoms with van der Waals surface area (Å²) in [5.74, 6) is -0.977. The number of aromatic nitrogens is 2. The van der Waals surface area contributed by atoms with Gasteiger partial charge in [0.1, 0.15) is 0 Å². The second kappa shape index (κ2) is 4.99. The Morgan fingerprint density at radius 2 is 1.70 bits per heavy atom. The molecule has 0 spiro atoms. The van der Waals surface area contributed by atoms with Crippen molar-refractivity contribution in [2.75, 3.05) is 0 Å². The van der Waals surface area contributed by atoms with Gasteiger partial charge in [0.05, 0.1) is 22.6 Å². The Balaban J connectivity index is 2.09. The molecule has 0 unspecified atom stereocenters. The highest BCUT2D eigenvalue weighted by atomic mass is 79.9. The summed E-state index contributed by atoms with van der Waals surface area (Å²) in [6.45, 7) is 1.76. The largest absolute Gasteiger partial charge is 0.285 e. The molecule has 4 rings (SSSR count). The molecule has 1 heterocycles. The third-order valence-corrected chi connectivity index (χ3v) is 4.47. The van der Waals surface area contributed by atoms with Crippen molar-refractivity contribution in [3.63, 3.8) is 0 Å². The van der Waals surface area contributed by atoms with Crippen LogP contribution in [-0.4, -0.2) is 21.3 Å². The molecule has 0 atom stereocenters. The Morgan fingerprint density at radius 1 is 0.957 bits per heavy atom. The van der Waals surface area contributed by atoms with Crippen LogP contribution in [0.15, 0.2) is 53.0 Å². The van der Waals surface area contributed by atoms with Crippen LogP contribution >= 0.6 is 15.9 Å². The Kier molecular flexibility index (Phi) is 3.06. The zero-order chi connectivity index (χ0) is 16.1. The lowest BCUT2D eigenvalue weighted by Gasteiger charge is -2.17. The van der Waals surface area contributed by atoms with E-state index < -0.39 is 11.6 Å². The van der Waals surface area contributed by atoms with E-state index in [-0.39, 0.29) is 0 Å². The molecule has 1 aromatic heterocycles. The van der Waals surface area contributed by atoms with Crippen LogP contribution in [0.1, 0.15) is 26.4 Å². The molecule has 0 fully saturated rings. The Bertz CT molecular complexity index is 974. The number of Topliss-reactive ketones (excluding diaryl/α,β-unsaturated/α-hetero) is 2. The third kappa shape index (κ3) is 2.00. The minimum atomic E-state index is -0.495. The third-order valence-electron chi connectivity index (χ3n) is 3.98. The first-order chi connectivity index (χ1) is 11.1. The molecule has 0 saturated heterocycles. The van der Waals surface area contributed by atoms with Crippen molar-refractivity contribution < 1.29 is 9.59 Å². The second-order valence-electron chi connectivity index (χ2n) is 5.40. The number of fused-ring (bicyclic) bond motifs is 3. The molecule has 0 amide bonds. The Labute approximate surface area is 140 Å². The zero-order valence-electron chi connectivity index (χ0n) is 12.2. The van der Waals surface area contributed by atoms with E-state index >= 15 is 0 Å². The van der Waals surface area contributed by atoms with E-state index in [1.807, 2.05) is 42.5 Å². The quantitative estimate of drug-likeness (QED) is 0.611. The van der Waals surface area contributed by atoms with Crippen LogP contribution in [0.4, 0.5) is 0 Å². The topological polar surface area (TPSA) is 52.0 Å². The van der Waals surface area contributed by atoms with E-state index in [4.69, 9.17) is 0 Å². The fourth-order valence-electron chi connectivity index (χ4n) is 2.95. The highest BCUT2D eigenvalue weighted by Gasteiger charge is 2.35. The molecule has 3 aromatic rings. The maximum Gasteiger partial charge on any atom is 0.237 e. The minimum absolute atomic E-state index is 0.397. The number of halogens is 1. The van der Waals surface area contributed by atoms with Crippen LogP contribution < -0.4 is 0 Å². The number of hydrogen-bond donors (Lipinski definition) is 0. The molecule has 5 heteroatoms. The summed E-state index contributed by atoms with van der Waals surface area (Å²) in [5.41, 5.74) is 3.64. The highest BCUT2D eigenvalue weighted by molar-refractivity contribution is 9.10. The Hall–Kier alpha value is -2.53. The van der Waals surface area contributed by atoms with Gasteiger partial charge in [-0.25, -0.2) is 4.68 Å². The fourth-order valence-corrected chi connectivity index (χ4v) is 3.31. The smallest absolute Gasteiger partial charge is 0.237 e. The first-order valence-electron chi connectivity index (χ1n) is 7.12. The van der Waals surface area contributed by atoms with Gasteiger partial charge in [-0.15, -0.1) is 0 Å². The summed E-state index contributed by atoms with van der Waals surface area (Å²) in [4.78, 5) is 25.0. The lowest BCUT2D eigenvalue weighted by Crippen LogP contribution is -2.22. The average Bonchev–Trinajstić information content (AvgIpc) is 2.91. The minimum Gasteiger partial charge on any atom is -0.285 e. The molecule has 112 valence electrons. The van der Waals surface area contributed by atoms with Gasteiger partial charge in [0.15, 0.2) is 0 Å². The molecule has 4 nitrogen and oxygen atoms in total. The highest BCUT2D eigenvalue weighted by Crippen LogP contribution is 2.37. The van der Waals surface area contributed by atoms with Crippen molar-refractivity contribution in [3.8, 4) is 16.9 Å². The van der Waals surface area contributed by atoms with Crippen molar-refractivity contribution in [3.05, 3.63) is 69.8 Å². The summed E-state index contributed by atoms with van der Waals surface area (Å²) in [7, 11) is 0. The first kappa shape index (κ1) is 14.1. The number of ketones is 2. The van der Waals surface area contributed by atoms with Gasteiger partial charge in [-0.1, -0.05) is 40.2 Å². The predicted molar refractivity (Wildman–Crippen MR) is 90.1 cm³/mol. The van der Waals surface area contributed by atoms with Crippen LogP contribution in [-0.2, 0) is 0 Å². The molecule has 2 aromatic carbocycles. The standard InChI is InChI=1S/C18H11BrN2O2/c1-10-15-16(21(20-10)12-5-3-2-4-6-12)13-8-7-11(19)9-14(13)17(22)18(15)23/h2-9H,1H3. The first-order valence-corrected chi connectivity index (χ1v) is 7.91. The van der Waals surface area contributed by atoms with Gasteiger partial charge in [0.25, 0.3) is 0 Å². The number of carbonyl (C=O) groups is 2. The van der Waals surface area contributed by atoms with E-state index in [0.29, 0.717) is 22.5 Å². The lowest BCUT2D eigenvalue weighted by molar-refractivity contribution is 0.0815. The monoisotopic (exact) mass is 366 g/mol. The Morgan fingerprint density at radius 3 is 2.43 bits per heavy atom. The summed E-state index contributed by atoms with van der Waals surface area (Å²) < 4.78 is 2.50. The summed E-state index contributed by atoms with van der Waals surface area (Å²) in [6, 6.07) is 15.0. The molecule has 0 bridgehead atoms. The van der Waals surface area contributed by atoms with Crippen molar-refractivity contribution in [1.29, 1.82) is 0 Å².